The van der Waals surface area contributed by atoms with Gasteiger partial charge in [0.15, 0.2) is 0 Å². The van der Waals surface area contributed by atoms with E-state index in [1.54, 1.807) is 23.1 Å². The summed E-state index contributed by atoms with van der Waals surface area (Å²) in [6.07, 6.45) is 3.42. The van der Waals surface area contributed by atoms with Crippen molar-refractivity contribution in [2.24, 2.45) is 0 Å². The van der Waals surface area contributed by atoms with Crippen LogP contribution in [0.15, 0.2) is 47.4 Å². The zero-order valence-corrected chi connectivity index (χ0v) is 19.3. The highest BCUT2D eigenvalue weighted by Crippen LogP contribution is 2.42. The Morgan fingerprint density at radius 2 is 1.90 bits per heavy atom. The Bertz CT molecular complexity index is 1230. The van der Waals surface area contributed by atoms with E-state index in [2.05, 4.69) is 32.0 Å². The third-order valence-electron chi connectivity index (χ3n) is 5.31. The predicted molar refractivity (Wildman–Crippen MR) is 126 cm³/mol. The number of thiophene rings is 1. The van der Waals surface area contributed by atoms with E-state index in [9.17, 15) is 0 Å². The van der Waals surface area contributed by atoms with Gasteiger partial charge in [-0.05, 0) is 80.1 Å². The highest BCUT2D eigenvalue weighted by atomic mass is 35.5. The van der Waals surface area contributed by atoms with Crippen LogP contribution in [0.3, 0.4) is 0 Å². The Labute approximate surface area is 189 Å². The Morgan fingerprint density at radius 3 is 2.73 bits per heavy atom. The molecule has 0 bridgehead atoms. The molecule has 0 atom stereocenters. The Kier molecular flexibility index (Phi) is 5.44. The van der Waals surface area contributed by atoms with Gasteiger partial charge in [-0.25, -0.2) is 4.98 Å². The molecule has 0 spiro atoms. The first kappa shape index (κ1) is 19.9. The molecule has 0 N–H and O–H groups in total. The SMILES string of the molecule is Cc1ccc(C)c(Oc2nc(CSc3ccc(Cl)cc3)nc3sc4c(c23)CCC4)c1. The smallest absolute Gasteiger partial charge is 0.231 e. The molecule has 2 aromatic heterocycles. The zero-order chi connectivity index (χ0) is 20.7. The third-order valence-corrected chi connectivity index (χ3v) is 7.76. The summed E-state index contributed by atoms with van der Waals surface area (Å²) in [7, 11) is 0. The third kappa shape index (κ3) is 3.94. The Morgan fingerprint density at radius 1 is 1.07 bits per heavy atom. The van der Waals surface area contributed by atoms with Gasteiger partial charge in [-0.1, -0.05) is 23.7 Å². The van der Waals surface area contributed by atoms with Crippen LogP contribution in [0.4, 0.5) is 0 Å². The summed E-state index contributed by atoms with van der Waals surface area (Å²) in [5.41, 5.74) is 3.67. The maximum Gasteiger partial charge on any atom is 0.231 e. The van der Waals surface area contributed by atoms with Gasteiger partial charge in [-0.15, -0.1) is 23.1 Å². The molecule has 0 fully saturated rings. The largest absolute Gasteiger partial charge is 0.438 e. The minimum atomic E-state index is 0.684. The van der Waals surface area contributed by atoms with Gasteiger partial charge < -0.3 is 4.74 Å². The molecule has 0 saturated heterocycles. The first-order valence-corrected chi connectivity index (χ1v) is 12.2. The molecule has 1 aliphatic carbocycles. The van der Waals surface area contributed by atoms with Crippen molar-refractivity contribution in [3.63, 3.8) is 0 Å². The monoisotopic (exact) mass is 452 g/mol. The van der Waals surface area contributed by atoms with Crippen LogP contribution < -0.4 is 4.74 Å². The van der Waals surface area contributed by atoms with E-state index in [0.717, 1.165) is 50.1 Å². The van der Waals surface area contributed by atoms with E-state index >= 15 is 0 Å². The fourth-order valence-electron chi connectivity index (χ4n) is 3.74. The molecule has 4 aromatic rings. The van der Waals surface area contributed by atoms with Crippen LogP contribution in [-0.4, -0.2) is 9.97 Å². The van der Waals surface area contributed by atoms with Crippen molar-refractivity contribution >= 4 is 44.9 Å². The lowest BCUT2D eigenvalue weighted by Crippen LogP contribution is -1.99. The number of halogens is 1. The van der Waals surface area contributed by atoms with Crippen LogP contribution in [0.5, 0.6) is 11.6 Å². The highest BCUT2D eigenvalue weighted by molar-refractivity contribution is 7.98. The lowest BCUT2D eigenvalue weighted by molar-refractivity contribution is 0.462. The fraction of sp³-hybridized carbons (Fsp3) is 0.250. The lowest BCUT2D eigenvalue weighted by atomic mass is 10.1. The summed E-state index contributed by atoms with van der Waals surface area (Å²) in [5, 5.41) is 1.85. The minimum Gasteiger partial charge on any atom is -0.438 e. The normalized spacial score (nSPS) is 13.0. The maximum absolute atomic E-state index is 6.42. The molecule has 2 heterocycles. The van der Waals surface area contributed by atoms with Crippen molar-refractivity contribution in [2.75, 3.05) is 0 Å². The van der Waals surface area contributed by atoms with Gasteiger partial charge >= 0.3 is 0 Å². The molecule has 1 aliphatic rings. The first-order valence-electron chi connectivity index (χ1n) is 10.0. The Hall–Kier alpha value is -2.08. The summed E-state index contributed by atoms with van der Waals surface area (Å²) in [6, 6.07) is 14.2. The lowest BCUT2D eigenvalue weighted by Gasteiger charge is -2.12. The molecule has 152 valence electrons. The standard InChI is InChI=1S/C24H21ClN2OS2/c1-14-6-7-15(2)19(12-14)28-23-22-18-4-3-5-20(18)30-24(22)27-21(26-23)13-29-17-10-8-16(25)9-11-17/h6-12H,3-5,13H2,1-2H3. The molecule has 3 nitrogen and oxygen atoms in total. The molecule has 2 aromatic carbocycles. The van der Waals surface area contributed by atoms with Crippen molar-refractivity contribution in [3.05, 3.63) is 74.9 Å². The topological polar surface area (TPSA) is 35.0 Å². The average Bonchev–Trinajstić information content (AvgIpc) is 3.31. The summed E-state index contributed by atoms with van der Waals surface area (Å²) in [5.74, 6) is 3.04. The second-order valence-corrected chi connectivity index (χ2v) is 10.2. The zero-order valence-electron chi connectivity index (χ0n) is 16.9. The van der Waals surface area contributed by atoms with Crippen LogP contribution in [0.2, 0.25) is 5.02 Å². The summed E-state index contributed by atoms with van der Waals surface area (Å²) in [4.78, 5) is 13.4. The molecule has 0 amide bonds. The molecule has 6 heteroatoms. The minimum absolute atomic E-state index is 0.684. The number of aromatic nitrogens is 2. The van der Waals surface area contributed by atoms with Gasteiger partial charge in [0.2, 0.25) is 5.88 Å². The fourth-order valence-corrected chi connectivity index (χ4v) is 5.89. The quantitative estimate of drug-likeness (QED) is 0.293. The summed E-state index contributed by atoms with van der Waals surface area (Å²) in [6.45, 7) is 4.15. The van der Waals surface area contributed by atoms with Crippen LogP contribution in [0.25, 0.3) is 10.2 Å². The maximum atomic E-state index is 6.42. The Balaban J connectivity index is 1.53. The first-order chi connectivity index (χ1) is 14.6. The highest BCUT2D eigenvalue weighted by Gasteiger charge is 2.24. The number of nitrogens with zero attached hydrogens (tertiary/aromatic N) is 2. The molecular weight excluding hydrogens is 432 g/mol. The summed E-state index contributed by atoms with van der Waals surface area (Å²) < 4.78 is 6.42. The van der Waals surface area contributed by atoms with Crippen molar-refractivity contribution in [1.82, 2.24) is 9.97 Å². The second-order valence-electron chi connectivity index (χ2n) is 7.60. The predicted octanol–water partition coefficient (Wildman–Crippen LogP) is 7.53. The second kappa shape index (κ2) is 8.22. The number of fused-ring (bicyclic) bond motifs is 3. The van der Waals surface area contributed by atoms with Crippen molar-refractivity contribution in [3.8, 4) is 11.6 Å². The molecular formula is C24H21ClN2OS2. The van der Waals surface area contributed by atoms with E-state index in [1.807, 2.05) is 24.3 Å². The number of ether oxygens (including phenoxy) is 1. The van der Waals surface area contributed by atoms with Crippen molar-refractivity contribution < 1.29 is 4.74 Å². The van der Waals surface area contributed by atoms with Gasteiger partial charge in [-0.3, -0.25) is 0 Å². The molecule has 0 radical (unpaired) electrons. The van der Waals surface area contributed by atoms with Gasteiger partial charge in [0, 0.05) is 14.8 Å². The van der Waals surface area contributed by atoms with Crippen molar-refractivity contribution in [1.29, 1.82) is 0 Å². The van der Waals surface area contributed by atoms with Gasteiger partial charge in [-0.2, -0.15) is 4.98 Å². The number of rotatable bonds is 5. The van der Waals surface area contributed by atoms with Gasteiger partial charge in [0.1, 0.15) is 16.4 Å². The van der Waals surface area contributed by atoms with Crippen LogP contribution in [0.1, 0.15) is 33.8 Å². The van der Waals surface area contributed by atoms with E-state index in [1.165, 1.54) is 22.4 Å². The number of benzene rings is 2. The molecule has 0 aliphatic heterocycles. The van der Waals surface area contributed by atoms with E-state index < -0.39 is 0 Å². The molecule has 5 rings (SSSR count). The molecule has 0 unspecified atom stereocenters. The van der Waals surface area contributed by atoms with Crippen LogP contribution in [-0.2, 0) is 18.6 Å². The van der Waals surface area contributed by atoms with E-state index in [4.69, 9.17) is 26.3 Å². The van der Waals surface area contributed by atoms with E-state index in [-0.39, 0.29) is 0 Å². The average molecular weight is 453 g/mol. The van der Waals surface area contributed by atoms with Gasteiger partial charge in [0.25, 0.3) is 0 Å². The number of aryl methyl sites for hydroxylation is 4. The van der Waals surface area contributed by atoms with Crippen LogP contribution in [0, 0.1) is 13.8 Å². The summed E-state index contributed by atoms with van der Waals surface area (Å²) >= 11 is 9.51. The molecule has 0 saturated carbocycles. The van der Waals surface area contributed by atoms with Crippen LogP contribution >= 0.6 is 34.7 Å². The number of hydrogen-bond donors (Lipinski definition) is 0. The van der Waals surface area contributed by atoms with Gasteiger partial charge in [0.05, 0.1) is 11.1 Å². The molecule has 30 heavy (non-hydrogen) atoms. The number of thioether (sulfide) groups is 1. The number of hydrogen-bond acceptors (Lipinski definition) is 5. The van der Waals surface area contributed by atoms with E-state index in [0.29, 0.717) is 11.6 Å². The van der Waals surface area contributed by atoms with Crippen molar-refractivity contribution in [2.45, 2.75) is 43.8 Å².